The third-order valence-corrected chi connectivity index (χ3v) is 3.90. The third-order valence-electron chi connectivity index (χ3n) is 3.90. The largest absolute Gasteiger partial charge is 0.337 e. The lowest BCUT2D eigenvalue weighted by Crippen LogP contribution is -2.47. The number of carbonyl (C=O) groups is 1. The summed E-state index contributed by atoms with van der Waals surface area (Å²) in [4.78, 5) is 24.8. The van der Waals surface area contributed by atoms with Crippen LogP contribution < -0.4 is 0 Å². The van der Waals surface area contributed by atoms with Gasteiger partial charge in [0.05, 0.1) is 5.69 Å². The first-order valence-corrected chi connectivity index (χ1v) is 7.80. The highest BCUT2D eigenvalue weighted by molar-refractivity contribution is 5.91. The van der Waals surface area contributed by atoms with Gasteiger partial charge in [-0.3, -0.25) is 19.7 Å². The first-order chi connectivity index (χ1) is 11.3. The van der Waals surface area contributed by atoms with Gasteiger partial charge in [0.15, 0.2) is 0 Å². The maximum absolute atomic E-state index is 12.2. The lowest BCUT2D eigenvalue weighted by atomic mass is 10.2. The van der Waals surface area contributed by atoms with Gasteiger partial charge in [-0.05, 0) is 29.8 Å². The minimum absolute atomic E-state index is 0.0525. The van der Waals surface area contributed by atoms with Crippen molar-refractivity contribution < 1.29 is 4.79 Å². The Bertz CT molecular complexity index is 649. The molecule has 1 aliphatic heterocycles. The predicted molar refractivity (Wildman–Crippen MR) is 89.4 cm³/mol. The van der Waals surface area contributed by atoms with Crippen molar-refractivity contribution in [1.82, 2.24) is 19.8 Å². The Balaban J connectivity index is 1.48. The van der Waals surface area contributed by atoms with Gasteiger partial charge in [-0.15, -0.1) is 0 Å². The summed E-state index contributed by atoms with van der Waals surface area (Å²) in [5, 5.41) is 0. The molecule has 1 fully saturated rings. The molecule has 0 aromatic carbocycles. The van der Waals surface area contributed by atoms with Crippen LogP contribution in [0.3, 0.4) is 0 Å². The fourth-order valence-corrected chi connectivity index (χ4v) is 2.61. The van der Waals surface area contributed by atoms with Gasteiger partial charge < -0.3 is 4.90 Å². The van der Waals surface area contributed by atoms with E-state index in [0.29, 0.717) is 0 Å². The Morgan fingerprint density at radius 2 is 1.96 bits per heavy atom. The maximum atomic E-state index is 12.2. The van der Waals surface area contributed by atoms with Crippen molar-refractivity contribution in [2.45, 2.75) is 6.54 Å². The van der Waals surface area contributed by atoms with E-state index in [9.17, 15) is 4.79 Å². The molecule has 118 valence electrons. The van der Waals surface area contributed by atoms with E-state index in [2.05, 4.69) is 20.9 Å². The number of hydrogen-bond acceptors (Lipinski definition) is 4. The lowest BCUT2D eigenvalue weighted by Gasteiger charge is -2.34. The molecule has 0 aliphatic carbocycles. The molecule has 2 aromatic heterocycles. The summed E-state index contributed by atoms with van der Waals surface area (Å²) >= 11 is 0. The second-order valence-electron chi connectivity index (χ2n) is 5.55. The lowest BCUT2D eigenvalue weighted by molar-refractivity contribution is -0.127. The van der Waals surface area contributed by atoms with E-state index in [-0.39, 0.29) is 5.91 Å². The Hall–Kier alpha value is -2.53. The number of carbonyl (C=O) groups excluding carboxylic acids is 1. The number of hydrogen-bond donors (Lipinski definition) is 0. The second-order valence-corrected chi connectivity index (χ2v) is 5.55. The van der Waals surface area contributed by atoms with E-state index in [4.69, 9.17) is 0 Å². The van der Waals surface area contributed by atoms with Crippen molar-refractivity contribution in [2.24, 2.45) is 0 Å². The Morgan fingerprint density at radius 1 is 1.09 bits per heavy atom. The van der Waals surface area contributed by atoms with E-state index >= 15 is 0 Å². The van der Waals surface area contributed by atoms with Gasteiger partial charge in [0.1, 0.15) is 0 Å². The standard InChI is InChI=1S/C18H20N4O/c23-18(7-6-17-5-1-2-9-20-17)22-12-10-21(11-13-22)15-16-4-3-8-19-14-16/h1-9,14H,10-13,15H2. The minimum atomic E-state index is 0.0525. The Labute approximate surface area is 136 Å². The SMILES string of the molecule is O=C(C=Cc1ccccn1)N1CCN(Cc2cccnc2)CC1. The molecule has 2 aromatic rings. The van der Waals surface area contributed by atoms with Crippen LogP contribution in [0.4, 0.5) is 0 Å². The fourth-order valence-electron chi connectivity index (χ4n) is 2.61. The fraction of sp³-hybridized carbons (Fsp3) is 0.278. The minimum Gasteiger partial charge on any atom is -0.337 e. The van der Waals surface area contributed by atoms with Crippen LogP contribution in [0.1, 0.15) is 11.3 Å². The summed E-state index contributed by atoms with van der Waals surface area (Å²) in [6.45, 7) is 4.17. The van der Waals surface area contributed by atoms with Crippen LogP contribution in [0, 0.1) is 0 Å². The highest BCUT2D eigenvalue weighted by atomic mass is 16.2. The van der Waals surface area contributed by atoms with Crippen LogP contribution in [0.2, 0.25) is 0 Å². The number of amides is 1. The van der Waals surface area contributed by atoms with Gasteiger partial charge in [-0.2, -0.15) is 0 Å². The van der Waals surface area contributed by atoms with E-state index in [0.717, 1.165) is 38.4 Å². The first kappa shape index (κ1) is 15.4. The molecule has 23 heavy (non-hydrogen) atoms. The molecule has 0 radical (unpaired) electrons. The van der Waals surface area contributed by atoms with Crippen LogP contribution in [0.5, 0.6) is 0 Å². The maximum Gasteiger partial charge on any atom is 0.246 e. The summed E-state index contributed by atoms with van der Waals surface area (Å²) in [6, 6.07) is 9.70. The number of rotatable bonds is 4. The Morgan fingerprint density at radius 3 is 2.65 bits per heavy atom. The molecular formula is C18H20N4O. The molecule has 0 spiro atoms. The zero-order valence-corrected chi connectivity index (χ0v) is 13.0. The zero-order valence-electron chi connectivity index (χ0n) is 13.0. The quantitative estimate of drug-likeness (QED) is 0.809. The van der Waals surface area contributed by atoms with E-state index < -0.39 is 0 Å². The topological polar surface area (TPSA) is 49.3 Å². The predicted octanol–water partition coefficient (Wildman–Crippen LogP) is 1.83. The number of nitrogens with zero attached hydrogens (tertiary/aromatic N) is 4. The molecule has 0 unspecified atom stereocenters. The van der Waals surface area contributed by atoms with Crippen LogP contribution in [-0.4, -0.2) is 51.9 Å². The normalized spacial score (nSPS) is 15.9. The molecule has 0 saturated carbocycles. The van der Waals surface area contributed by atoms with Crippen molar-refractivity contribution in [1.29, 1.82) is 0 Å². The molecule has 1 amide bonds. The summed E-state index contributed by atoms with van der Waals surface area (Å²) in [5.74, 6) is 0.0525. The second kappa shape index (κ2) is 7.65. The van der Waals surface area contributed by atoms with Gasteiger partial charge in [0.2, 0.25) is 5.91 Å². The van der Waals surface area contributed by atoms with E-state index in [1.807, 2.05) is 35.4 Å². The molecule has 0 bridgehead atoms. The third kappa shape index (κ3) is 4.47. The van der Waals surface area contributed by atoms with Gasteiger partial charge in [0, 0.05) is 57.4 Å². The molecular weight excluding hydrogens is 288 g/mol. The highest BCUT2D eigenvalue weighted by Gasteiger charge is 2.19. The Kier molecular flexibility index (Phi) is 5.11. The summed E-state index contributed by atoms with van der Waals surface area (Å²) < 4.78 is 0. The van der Waals surface area contributed by atoms with Crippen LogP contribution in [-0.2, 0) is 11.3 Å². The number of aromatic nitrogens is 2. The average molecular weight is 308 g/mol. The summed E-state index contributed by atoms with van der Waals surface area (Å²) in [7, 11) is 0. The molecule has 3 rings (SSSR count). The molecule has 0 N–H and O–H groups in total. The van der Waals surface area contributed by atoms with E-state index in [1.165, 1.54) is 5.56 Å². The van der Waals surface area contributed by atoms with Crippen LogP contribution in [0.25, 0.3) is 6.08 Å². The van der Waals surface area contributed by atoms with Crippen LogP contribution >= 0.6 is 0 Å². The van der Waals surface area contributed by atoms with Crippen molar-refractivity contribution in [2.75, 3.05) is 26.2 Å². The van der Waals surface area contributed by atoms with Crippen molar-refractivity contribution >= 4 is 12.0 Å². The highest BCUT2D eigenvalue weighted by Crippen LogP contribution is 2.08. The monoisotopic (exact) mass is 308 g/mol. The van der Waals surface area contributed by atoms with Crippen LogP contribution in [0.15, 0.2) is 55.0 Å². The van der Waals surface area contributed by atoms with Gasteiger partial charge in [-0.1, -0.05) is 12.1 Å². The van der Waals surface area contributed by atoms with Crippen molar-refractivity contribution in [3.63, 3.8) is 0 Å². The molecule has 5 heteroatoms. The smallest absolute Gasteiger partial charge is 0.246 e. The molecule has 3 heterocycles. The van der Waals surface area contributed by atoms with Gasteiger partial charge in [-0.25, -0.2) is 0 Å². The number of pyridine rings is 2. The van der Waals surface area contributed by atoms with Gasteiger partial charge in [0.25, 0.3) is 0 Å². The molecule has 5 nitrogen and oxygen atoms in total. The molecule has 1 aliphatic rings. The molecule has 0 atom stereocenters. The van der Waals surface area contributed by atoms with E-state index in [1.54, 1.807) is 24.5 Å². The summed E-state index contributed by atoms with van der Waals surface area (Å²) in [6.07, 6.45) is 8.78. The number of piperazine rings is 1. The summed E-state index contributed by atoms with van der Waals surface area (Å²) in [5.41, 5.74) is 2.01. The average Bonchev–Trinajstić information content (AvgIpc) is 2.62. The first-order valence-electron chi connectivity index (χ1n) is 7.80. The molecule has 1 saturated heterocycles. The van der Waals surface area contributed by atoms with Crippen molar-refractivity contribution in [3.05, 3.63) is 66.3 Å². The zero-order chi connectivity index (χ0) is 15.9. The van der Waals surface area contributed by atoms with Crippen molar-refractivity contribution in [3.8, 4) is 0 Å². The van der Waals surface area contributed by atoms with Gasteiger partial charge >= 0.3 is 0 Å².